The number of nitrogens with zero attached hydrogens (tertiary/aromatic N) is 1. The summed E-state index contributed by atoms with van der Waals surface area (Å²) >= 11 is 0. The Morgan fingerprint density at radius 3 is 2.42 bits per heavy atom. The first-order chi connectivity index (χ1) is 9.17. The van der Waals surface area contributed by atoms with Gasteiger partial charge in [-0.15, -0.1) is 0 Å². The number of methoxy groups -OCH3 is 1. The highest BCUT2D eigenvalue weighted by Crippen LogP contribution is 2.28. The van der Waals surface area contributed by atoms with Crippen LogP contribution in [0.15, 0.2) is 0 Å². The molecular formula is C16H34N2O. The minimum atomic E-state index is 0.542. The third-order valence-electron chi connectivity index (χ3n) is 4.30. The monoisotopic (exact) mass is 270 g/mol. The van der Waals surface area contributed by atoms with Gasteiger partial charge in [0.25, 0.3) is 0 Å². The molecule has 0 bridgehead atoms. The lowest BCUT2D eigenvalue weighted by molar-refractivity contribution is 0.0970. The molecule has 0 heterocycles. The van der Waals surface area contributed by atoms with Crippen LogP contribution in [0.3, 0.4) is 0 Å². The van der Waals surface area contributed by atoms with Crippen LogP contribution in [0.25, 0.3) is 0 Å². The van der Waals surface area contributed by atoms with Crippen molar-refractivity contribution in [2.24, 2.45) is 17.6 Å². The van der Waals surface area contributed by atoms with Gasteiger partial charge >= 0.3 is 0 Å². The first-order valence-corrected chi connectivity index (χ1v) is 8.10. The minimum absolute atomic E-state index is 0.542. The lowest BCUT2D eigenvalue weighted by atomic mass is 9.84. The van der Waals surface area contributed by atoms with Crippen molar-refractivity contribution in [1.82, 2.24) is 4.90 Å². The van der Waals surface area contributed by atoms with E-state index in [9.17, 15) is 0 Å². The van der Waals surface area contributed by atoms with Gasteiger partial charge in [0.1, 0.15) is 0 Å². The molecule has 2 N–H and O–H groups in total. The van der Waals surface area contributed by atoms with E-state index in [0.717, 1.165) is 32.2 Å². The summed E-state index contributed by atoms with van der Waals surface area (Å²) in [6, 6.07) is 0.542. The maximum Gasteiger partial charge on any atom is 0.0589 e. The van der Waals surface area contributed by atoms with Crippen LogP contribution in [0, 0.1) is 11.8 Å². The van der Waals surface area contributed by atoms with E-state index in [0.29, 0.717) is 12.0 Å². The van der Waals surface area contributed by atoms with Gasteiger partial charge in [-0.05, 0) is 18.3 Å². The van der Waals surface area contributed by atoms with E-state index in [2.05, 4.69) is 18.7 Å². The minimum Gasteiger partial charge on any atom is -0.383 e. The van der Waals surface area contributed by atoms with E-state index >= 15 is 0 Å². The fourth-order valence-corrected chi connectivity index (χ4v) is 3.30. The summed E-state index contributed by atoms with van der Waals surface area (Å²) in [7, 11) is 1.78. The topological polar surface area (TPSA) is 38.5 Å². The fraction of sp³-hybridized carbons (Fsp3) is 1.00. The van der Waals surface area contributed by atoms with Crippen LogP contribution in [0.1, 0.15) is 52.4 Å². The Balaban J connectivity index is 2.49. The standard InChI is InChI=1S/C16H34N2O/c1-14(2)13-18(9-10-19-3)16(12-17)11-15-7-5-4-6-8-15/h14-16H,4-13,17H2,1-3H3. The molecule has 3 heteroatoms. The molecule has 3 nitrogen and oxygen atoms in total. The molecule has 0 saturated heterocycles. The van der Waals surface area contributed by atoms with Gasteiger partial charge in [-0.25, -0.2) is 0 Å². The number of rotatable bonds is 9. The Morgan fingerprint density at radius 2 is 1.89 bits per heavy atom. The Bertz CT molecular complexity index is 215. The quantitative estimate of drug-likeness (QED) is 0.700. The fourth-order valence-electron chi connectivity index (χ4n) is 3.30. The van der Waals surface area contributed by atoms with Crippen molar-refractivity contribution in [3.8, 4) is 0 Å². The van der Waals surface area contributed by atoms with Crippen LogP contribution in [0.4, 0.5) is 0 Å². The second-order valence-electron chi connectivity index (χ2n) is 6.51. The highest BCUT2D eigenvalue weighted by atomic mass is 16.5. The van der Waals surface area contributed by atoms with Gasteiger partial charge in [0, 0.05) is 32.8 Å². The second kappa shape index (κ2) is 9.73. The van der Waals surface area contributed by atoms with Crippen LogP contribution in [-0.2, 0) is 4.74 Å². The molecule has 0 aromatic heterocycles. The predicted molar refractivity (Wildman–Crippen MR) is 82.3 cm³/mol. The van der Waals surface area contributed by atoms with Crippen molar-refractivity contribution in [2.45, 2.75) is 58.4 Å². The lowest BCUT2D eigenvalue weighted by Crippen LogP contribution is -2.45. The molecule has 0 aromatic rings. The van der Waals surface area contributed by atoms with Crippen molar-refractivity contribution in [3.05, 3.63) is 0 Å². The van der Waals surface area contributed by atoms with Gasteiger partial charge in [-0.3, -0.25) is 4.90 Å². The highest BCUT2D eigenvalue weighted by molar-refractivity contribution is 4.79. The SMILES string of the molecule is COCCN(CC(C)C)C(CN)CC1CCCCC1. The number of nitrogens with two attached hydrogens (primary N) is 1. The summed E-state index contributed by atoms with van der Waals surface area (Å²) in [4.78, 5) is 2.56. The molecule has 19 heavy (non-hydrogen) atoms. The molecular weight excluding hydrogens is 236 g/mol. The Hall–Kier alpha value is -0.120. The van der Waals surface area contributed by atoms with Crippen molar-refractivity contribution in [2.75, 3.05) is 33.4 Å². The molecule has 0 amide bonds. The first-order valence-electron chi connectivity index (χ1n) is 8.10. The average molecular weight is 270 g/mol. The summed E-state index contributed by atoms with van der Waals surface area (Å²) < 4.78 is 5.26. The third kappa shape index (κ3) is 6.73. The molecule has 1 aliphatic carbocycles. The molecule has 1 fully saturated rings. The molecule has 0 aromatic carbocycles. The largest absolute Gasteiger partial charge is 0.383 e. The predicted octanol–water partition coefficient (Wildman–Crippen LogP) is 2.89. The van der Waals surface area contributed by atoms with E-state index < -0.39 is 0 Å². The maximum absolute atomic E-state index is 6.06. The maximum atomic E-state index is 6.06. The van der Waals surface area contributed by atoms with Crippen LogP contribution in [0.5, 0.6) is 0 Å². The molecule has 1 aliphatic rings. The molecule has 1 saturated carbocycles. The zero-order valence-electron chi connectivity index (χ0n) is 13.2. The van der Waals surface area contributed by atoms with Crippen LogP contribution < -0.4 is 5.73 Å². The van der Waals surface area contributed by atoms with Crippen LogP contribution in [-0.4, -0.2) is 44.3 Å². The van der Waals surface area contributed by atoms with Gasteiger partial charge in [-0.1, -0.05) is 46.0 Å². The molecule has 0 aliphatic heterocycles. The van der Waals surface area contributed by atoms with Crippen LogP contribution in [0.2, 0.25) is 0 Å². The van der Waals surface area contributed by atoms with Crippen molar-refractivity contribution < 1.29 is 4.74 Å². The summed E-state index contributed by atoms with van der Waals surface area (Å²) in [6.45, 7) is 8.32. The Labute approximate surface area is 119 Å². The summed E-state index contributed by atoms with van der Waals surface area (Å²) in [5.74, 6) is 1.59. The molecule has 0 spiro atoms. The summed E-state index contributed by atoms with van der Waals surface area (Å²) in [5.41, 5.74) is 6.06. The molecule has 1 atom stereocenters. The number of hydrogen-bond acceptors (Lipinski definition) is 3. The average Bonchev–Trinajstić information content (AvgIpc) is 2.41. The molecule has 0 radical (unpaired) electrons. The summed E-state index contributed by atoms with van der Waals surface area (Å²) in [6.07, 6.45) is 8.39. The Kier molecular flexibility index (Phi) is 8.67. The van der Waals surface area contributed by atoms with Crippen molar-refractivity contribution in [1.29, 1.82) is 0 Å². The Morgan fingerprint density at radius 1 is 1.21 bits per heavy atom. The van der Waals surface area contributed by atoms with Crippen molar-refractivity contribution in [3.63, 3.8) is 0 Å². The number of ether oxygens (including phenoxy) is 1. The highest BCUT2D eigenvalue weighted by Gasteiger charge is 2.23. The van der Waals surface area contributed by atoms with Crippen LogP contribution >= 0.6 is 0 Å². The third-order valence-corrected chi connectivity index (χ3v) is 4.30. The van der Waals surface area contributed by atoms with Gasteiger partial charge in [0.2, 0.25) is 0 Å². The van der Waals surface area contributed by atoms with E-state index in [1.54, 1.807) is 7.11 Å². The van der Waals surface area contributed by atoms with E-state index in [-0.39, 0.29) is 0 Å². The van der Waals surface area contributed by atoms with Gasteiger partial charge in [-0.2, -0.15) is 0 Å². The van der Waals surface area contributed by atoms with E-state index in [1.807, 2.05) is 0 Å². The van der Waals surface area contributed by atoms with Crippen molar-refractivity contribution >= 4 is 0 Å². The smallest absolute Gasteiger partial charge is 0.0589 e. The molecule has 114 valence electrons. The first kappa shape index (κ1) is 16.9. The zero-order chi connectivity index (χ0) is 14.1. The molecule has 1 rings (SSSR count). The number of hydrogen-bond donors (Lipinski definition) is 1. The van der Waals surface area contributed by atoms with Gasteiger partial charge in [0.15, 0.2) is 0 Å². The zero-order valence-corrected chi connectivity index (χ0v) is 13.2. The lowest BCUT2D eigenvalue weighted by Gasteiger charge is -2.35. The van der Waals surface area contributed by atoms with Gasteiger partial charge < -0.3 is 10.5 Å². The summed E-state index contributed by atoms with van der Waals surface area (Å²) in [5, 5.41) is 0. The molecule has 1 unspecified atom stereocenters. The van der Waals surface area contributed by atoms with E-state index in [1.165, 1.54) is 38.5 Å². The second-order valence-corrected chi connectivity index (χ2v) is 6.51. The van der Waals surface area contributed by atoms with Gasteiger partial charge in [0.05, 0.1) is 6.61 Å². The van der Waals surface area contributed by atoms with E-state index in [4.69, 9.17) is 10.5 Å². The normalized spacial score (nSPS) is 19.3.